The number of likely N-dealkylation sites (N-methyl/N-ethyl adjacent to an activating group) is 1. The van der Waals surface area contributed by atoms with Gasteiger partial charge in [0.1, 0.15) is 0 Å². The van der Waals surface area contributed by atoms with Gasteiger partial charge >= 0.3 is 0 Å². The number of aliphatic imine (C=N–C) groups is 1. The van der Waals surface area contributed by atoms with Gasteiger partial charge in [0.2, 0.25) is 0 Å². The number of guanidine groups is 1. The summed E-state index contributed by atoms with van der Waals surface area (Å²) >= 11 is 2.08. The van der Waals surface area contributed by atoms with E-state index in [4.69, 9.17) is 4.99 Å². The maximum absolute atomic E-state index is 4.83. The molecule has 0 radical (unpaired) electrons. The molecule has 1 aliphatic carbocycles. The number of hydrogen-bond donors (Lipinski definition) is 2. The summed E-state index contributed by atoms with van der Waals surface area (Å²) in [5, 5.41) is 6.94. The van der Waals surface area contributed by atoms with Gasteiger partial charge < -0.3 is 15.5 Å². The standard InChI is InChI=1S/C16H32N4S.HI/c1-5-17-15(19-12-16(2)9-6-10-21-16)18-11-14(20(3)4)13-7-8-13;/h13-14H,5-12H2,1-4H3,(H2,17,18,19);1H. The van der Waals surface area contributed by atoms with E-state index >= 15 is 0 Å². The summed E-state index contributed by atoms with van der Waals surface area (Å²) in [6.45, 7) is 7.32. The van der Waals surface area contributed by atoms with Gasteiger partial charge in [-0.2, -0.15) is 11.8 Å². The third-order valence-corrected chi connectivity index (χ3v) is 6.05. The fraction of sp³-hybridized carbons (Fsp3) is 0.938. The molecule has 1 aliphatic heterocycles. The summed E-state index contributed by atoms with van der Waals surface area (Å²) in [5.41, 5.74) is 0. The quantitative estimate of drug-likeness (QED) is 0.363. The molecule has 2 rings (SSSR count). The largest absolute Gasteiger partial charge is 0.357 e. The number of halogens is 1. The summed E-state index contributed by atoms with van der Waals surface area (Å²) in [7, 11) is 4.37. The predicted octanol–water partition coefficient (Wildman–Crippen LogP) is 2.79. The Kier molecular flexibility index (Phi) is 8.85. The van der Waals surface area contributed by atoms with E-state index in [9.17, 15) is 0 Å². The van der Waals surface area contributed by atoms with Crippen LogP contribution in [0.2, 0.25) is 0 Å². The molecule has 2 unspecified atom stereocenters. The molecule has 2 aliphatic rings. The zero-order valence-electron chi connectivity index (χ0n) is 14.5. The van der Waals surface area contributed by atoms with Crippen molar-refractivity contribution in [2.45, 2.75) is 50.3 Å². The number of hydrogen-bond acceptors (Lipinski definition) is 3. The van der Waals surface area contributed by atoms with Crippen LogP contribution >= 0.6 is 35.7 Å². The summed E-state index contributed by atoms with van der Waals surface area (Å²) in [5.74, 6) is 3.15. The Hall–Kier alpha value is 0.310. The molecule has 0 amide bonds. The van der Waals surface area contributed by atoms with Gasteiger partial charge in [-0.25, -0.2) is 0 Å². The van der Waals surface area contributed by atoms with Gasteiger partial charge in [0.15, 0.2) is 5.96 Å². The van der Waals surface area contributed by atoms with Crippen molar-refractivity contribution < 1.29 is 0 Å². The third kappa shape index (κ3) is 6.43. The van der Waals surface area contributed by atoms with Crippen molar-refractivity contribution in [3.8, 4) is 0 Å². The van der Waals surface area contributed by atoms with Crippen LogP contribution in [0, 0.1) is 5.92 Å². The van der Waals surface area contributed by atoms with Crippen LogP contribution < -0.4 is 10.6 Å². The lowest BCUT2D eigenvalue weighted by atomic mass is 10.1. The molecule has 2 N–H and O–H groups in total. The highest BCUT2D eigenvalue weighted by atomic mass is 127. The number of nitrogens with zero attached hydrogens (tertiary/aromatic N) is 2. The molecule has 1 saturated carbocycles. The van der Waals surface area contributed by atoms with Crippen molar-refractivity contribution in [2.24, 2.45) is 10.9 Å². The molecule has 0 aromatic rings. The summed E-state index contributed by atoms with van der Waals surface area (Å²) in [6.07, 6.45) is 5.40. The highest BCUT2D eigenvalue weighted by Gasteiger charge is 2.32. The maximum Gasteiger partial charge on any atom is 0.191 e. The van der Waals surface area contributed by atoms with E-state index < -0.39 is 0 Å². The first-order chi connectivity index (χ1) is 10.0. The van der Waals surface area contributed by atoms with E-state index in [2.05, 4.69) is 55.2 Å². The minimum atomic E-state index is 0. The SMILES string of the molecule is CCNC(=NCC1(C)CCCS1)NCC(C1CC1)N(C)C.I. The van der Waals surface area contributed by atoms with Crippen molar-refractivity contribution >= 4 is 41.7 Å². The molecule has 1 heterocycles. The van der Waals surface area contributed by atoms with E-state index in [1.165, 1.54) is 31.4 Å². The van der Waals surface area contributed by atoms with Crippen molar-refractivity contribution in [1.82, 2.24) is 15.5 Å². The van der Waals surface area contributed by atoms with Crippen LogP contribution in [-0.2, 0) is 0 Å². The lowest BCUT2D eigenvalue weighted by Gasteiger charge is -2.26. The van der Waals surface area contributed by atoms with Gasteiger partial charge in [0.25, 0.3) is 0 Å². The van der Waals surface area contributed by atoms with E-state index in [1.807, 2.05) is 0 Å². The molecule has 130 valence electrons. The maximum atomic E-state index is 4.83. The highest BCUT2D eigenvalue weighted by Crippen LogP contribution is 2.37. The molecule has 2 fully saturated rings. The molecular weight excluding hydrogens is 407 g/mol. The van der Waals surface area contributed by atoms with Gasteiger partial charge in [-0.1, -0.05) is 0 Å². The van der Waals surface area contributed by atoms with E-state index in [1.54, 1.807) is 0 Å². The second-order valence-corrected chi connectivity index (χ2v) is 8.53. The minimum Gasteiger partial charge on any atom is -0.357 e. The van der Waals surface area contributed by atoms with Crippen LogP contribution in [0.3, 0.4) is 0 Å². The zero-order valence-corrected chi connectivity index (χ0v) is 17.7. The van der Waals surface area contributed by atoms with Crippen molar-refractivity contribution in [2.75, 3.05) is 39.5 Å². The van der Waals surface area contributed by atoms with Gasteiger partial charge in [0, 0.05) is 23.9 Å². The topological polar surface area (TPSA) is 39.7 Å². The zero-order chi connectivity index (χ0) is 15.3. The van der Waals surface area contributed by atoms with Crippen molar-refractivity contribution in [3.63, 3.8) is 0 Å². The molecule has 0 spiro atoms. The fourth-order valence-corrected chi connectivity index (χ4v) is 4.23. The number of nitrogens with one attached hydrogen (secondary N) is 2. The lowest BCUT2D eigenvalue weighted by Crippen LogP contribution is -2.46. The van der Waals surface area contributed by atoms with Gasteiger partial charge in [-0.3, -0.25) is 4.99 Å². The molecule has 0 bridgehead atoms. The molecule has 4 nitrogen and oxygen atoms in total. The Morgan fingerprint density at radius 3 is 2.59 bits per heavy atom. The second kappa shape index (κ2) is 9.57. The smallest absolute Gasteiger partial charge is 0.191 e. The van der Waals surface area contributed by atoms with E-state index in [0.29, 0.717) is 10.8 Å². The van der Waals surface area contributed by atoms with Gasteiger partial charge in [-0.05, 0) is 65.3 Å². The number of rotatable bonds is 7. The lowest BCUT2D eigenvalue weighted by molar-refractivity contribution is 0.264. The predicted molar refractivity (Wildman–Crippen MR) is 110 cm³/mol. The fourth-order valence-electron chi connectivity index (χ4n) is 3.00. The average molecular weight is 440 g/mol. The van der Waals surface area contributed by atoms with Crippen LogP contribution in [0.15, 0.2) is 4.99 Å². The molecule has 1 saturated heterocycles. The Bertz CT molecular complexity index is 350. The average Bonchev–Trinajstić information content (AvgIpc) is 3.18. The van der Waals surface area contributed by atoms with Crippen LogP contribution in [0.4, 0.5) is 0 Å². The monoisotopic (exact) mass is 440 g/mol. The molecule has 2 atom stereocenters. The van der Waals surface area contributed by atoms with Crippen LogP contribution in [-0.4, -0.2) is 61.1 Å². The first-order valence-corrected chi connectivity index (χ1v) is 9.35. The normalized spacial score (nSPS) is 26.7. The van der Waals surface area contributed by atoms with Crippen LogP contribution in [0.5, 0.6) is 0 Å². The third-order valence-electron chi connectivity index (χ3n) is 4.52. The van der Waals surface area contributed by atoms with Crippen LogP contribution in [0.1, 0.15) is 39.5 Å². The molecule has 0 aromatic heterocycles. The Balaban J connectivity index is 0.00000242. The summed E-state index contributed by atoms with van der Waals surface area (Å²) in [4.78, 5) is 7.18. The molecule has 22 heavy (non-hydrogen) atoms. The van der Waals surface area contributed by atoms with Gasteiger partial charge in [-0.15, -0.1) is 24.0 Å². The van der Waals surface area contributed by atoms with E-state index in [0.717, 1.165) is 31.5 Å². The molecule has 0 aromatic carbocycles. The first-order valence-electron chi connectivity index (χ1n) is 8.36. The van der Waals surface area contributed by atoms with Crippen molar-refractivity contribution in [3.05, 3.63) is 0 Å². The number of thioether (sulfide) groups is 1. The van der Waals surface area contributed by atoms with Gasteiger partial charge in [0.05, 0.1) is 6.54 Å². The molecule has 6 heteroatoms. The van der Waals surface area contributed by atoms with Crippen LogP contribution in [0.25, 0.3) is 0 Å². The van der Waals surface area contributed by atoms with Crippen molar-refractivity contribution in [1.29, 1.82) is 0 Å². The second-order valence-electron chi connectivity index (χ2n) is 6.85. The minimum absolute atomic E-state index is 0. The Morgan fingerprint density at radius 1 is 1.36 bits per heavy atom. The summed E-state index contributed by atoms with van der Waals surface area (Å²) < 4.78 is 0.347. The summed E-state index contributed by atoms with van der Waals surface area (Å²) in [6, 6.07) is 0.630. The Morgan fingerprint density at radius 2 is 2.09 bits per heavy atom. The molecular formula is C16H33IN4S. The van der Waals surface area contributed by atoms with E-state index in [-0.39, 0.29) is 24.0 Å². The first kappa shape index (κ1) is 20.4. The Labute approximate surface area is 157 Å². The highest BCUT2D eigenvalue weighted by molar-refractivity contribution is 14.0.